The number of likely N-dealkylation sites (N-methyl/N-ethyl adjacent to an activating group) is 1. The predicted octanol–water partition coefficient (Wildman–Crippen LogP) is 4.32. The molecular weight excluding hydrogens is 807 g/mol. The van der Waals surface area contributed by atoms with E-state index in [9.17, 15) is 33.7 Å². The zero-order valence-electron chi connectivity index (χ0n) is 33.2. The molecule has 1 heterocycles. The molecule has 1 aliphatic rings. The molecule has 0 atom stereocenters. The fourth-order valence-electron chi connectivity index (χ4n) is 6.39. The SMILES string of the molecule is Cc1ccc(S(=O)(=O)N2CCCN(S(=O)(=O)c3ccc(C)cc3)CCN(S(=O)(=O)c3ccc(C)cc3)CCN(C)CCN(S(=O)(=O)c3ccc(C)cc3)CC2)cc1. The Kier molecular flexibility index (Phi) is 14.5. The molecule has 0 amide bonds. The largest absolute Gasteiger partial charge is 0.304 e. The lowest BCUT2D eigenvalue weighted by molar-refractivity contribution is 0.250. The summed E-state index contributed by atoms with van der Waals surface area (Å²) in [6, 6.07) is 25.6. The van der Waals surface area contributed by atoms with Gasteiger partial charge in [-0.3, -0.25) is 0 Å². The van der Waals surface area contributed by atoms with E-state index >= 15 is 0 Å². The van der Waals surface area contributed by atoms with Gasteiger partial charge < -0.3 is 4.90 Å². The van der Waals surface area contributed by atoms with Crippen molar-refractivity contribution in [2.45, 2.75) is 53.7 Å². The van der Waals surface area contributed by atoms with Crippen molar-refractivity contribution in [2.75, 3.05) is 72.5 Å². The van der Waals surface area contributed by atoms with Gasteiger partial charge in [-0.15, -0.1) is 0 Å². The van der Waals surface area contributed by atoms with Gasteiger partial charge in [-0.2, -0.15) is 17.2 Å². The van der Waals surface area contributed by atoms with Gasteiger partial charge in [0, 0.05) is 65.4 Å². The van der Waals surface area contributed by atoms with E-state index in [1.807, 2.05) is 32.6 Å². The lowest BCUT2D eigenvalue weighted by Crippen LogP contribution is -2.47. The number of rotatable bonds is 8. The Balaban J connectivity index is 1.56. The highest BCUT2D eigenvalue weighted by molar-refractivity contribution is 7.90. The quantitative estimate of drug-likeness (QED) is 0.252. The number of sulfonamides is 4. The molecule has 0 spiro atoms. The van der Waals surface area contributed by atoms with E-state index in [1.54, 1.807) is 55.6 Å². The van der Waals surface area contributed by atoms with E-state index in [-0.39, 0.29) is 91.5 Å². The summed E-state index contributed by atoms with van der Waals surface area (Å²) in [5, 5.41) is 0. The molecule has 1 fully saturated rings. The molecule has 0 radical (unpaired) electrons. The van der Waals surface area contributed by atoms with Crippen LogP contribution in [0.4, 0.5) is 0 Å². The predicted molar refractivity (Wildman–Crippen MR) is 222 cm³/mol. The van der Waals surface area contributed by atoms with Crippen LogP contribution >= 0.6 is 0 Å². The molecule has 0 saturated carbocycles. The standard InChI is InChI=1S/C40H53N5O8S4/c1-33-7-15-37(16-8-33)54(46,47)42-23-6-24-43(55(48,49)38-17-9-34(2)10-18-38)30-32-45(57(52,53)40-21-13-36(4)14-22-40)28-26-41(5)25-27-44(31-29-42)56(50,51)39-19-11-35(3)12-20-39/h7-22H,6,23-32H2,1-5H3. The van der Waals surface area contributed by atoms with Crippen molar-refractivity contribution in [2.24, 2.45) is 0 Å². The van der Waals surface area contributed by atoms with Crippen LogP contribution in [0, 0.1) is 27.7 Å². The van der Waals surface area contributed by atoms with Crippen molar-refractivity contribution in [3.63, 3.8) is 0 Å². The third-order valence-electron chi connectivity index (χ3n) is 10.1. The Labute approximate surface area is 339 Å². The molecule has 1 saturated heterocycles. The van der Waals surface area contributed by atoms with E-state index in [2.05, 4.69) is 0 Å². The summed E-state index contributed by atoms with van der Waals surface area (Å²) in [7, 11) is -14.8. The van der Waals surface area contributed by atoms with Crippen molar-refractivity contribution in [1.82, 2.24) is 22.1 Å². The van der Waals surface area contributed by atoms with Crippen molar-refractivity contribution in [3.05, 3.63) is 119 Å². The Bertz CT molecular complexity index is 2240. The van der Waals surface area contributed by atoms with E-state index < -0.39 is 40.1 Å². The summed E-state index contributed by atoms with van der Waals surface area (Å²) >= 11 is 0. The molecule has 5 rings (SSSR count). The molecule has 0 aromatic heterocycles. The van der Waals surface area contributed by atoms with Gasteiger partial charge in [-0.05, 0) is 89.7 Å². The van der Waals surface area contributed by atoms with Gasteiger partial charge in [-0.25, -0.2) is 33.7 Å². The summed E-state index contributed by atoms with van der Waals surface area (Å²) in [5.41, 5.74) is 3.47. The molecule has 4 aromatic carbocycles. The van der Waals surface area contributed by atoms with Crippen LogP contribution in [0.2, 0.25) is 0 Å². The monoisotopic (exact) mass is 859 g/mol. The second-order valence-electron chi connectivity index (χ2n) is 14.5. The first-order chi connectivity index (χ1) is 26.8. The lowest BCUT2D eigenvalue weighted by atomic mass is 10.2. The fourth-order valence-corrected chi connectivity index (χ4v) is 12.2. The molecule has 17 heteroatoms. The summed E-state index contributed by atoms with van der Waals surface area (Å²) in [5.74, 6) is 0. The first-order valence-electron chi connectivity index (χ1n) is 18.8. The summed E-state index contributed by atoms with van der Waals surface area (Å²) in [6.45, 7) is 6.72. The Hall–Kier alpha value is -3.52. The summed E-state index contributed by atoms with van der Waals surface area (Å²) in [6.07, 6.45) is 0.0361. The van der Waals surface area contributed by atoms with Crippen LogP contribution in [0.3, 0.4) is 0 Å². The van der Waals surface area contributed by atoms with Crippen LogP contribution in [-0.4, -0.2) is 128 Å². The average molecular weight is 860 g/mol. The van der Waals surface area contributed by atoms with Crippen LogP contribution in [0.1, 0.15) is 28.7 Å². The van der Waals surface area contributed by atoms with Gasteiger partial charge in [0.2, 0.25) is 40.1 Å². The highest BCUT2D eigenvalue weighted by Gasteiger charge is 2.33. The zero-order chi connectivity index (χ0) is 41.6. The molecule has 57 heavy (non-hydrogen) atoms. The van der Waals surface area contributed by atoms with Crippen molar-refractivity contribution < 1.29 is 33.7 Å². The second kappa shape index (κ2) is 18.6. The van der Waals surface area contributed by atoms with E-state index in [1.165, 1.54) is 65.8 Å². The number of benzene rings is 4. The summed E-state index contributed by atoms with van der Waals surface area (Å²) in [4.78, 5) is 1.98. The van der Waals surface area contributed by atoms with Crippen molar-refractivity contribution >= 4 is 40.1 Å². The molecule has 310 valence electrons. The Morgan fingerprint density at radius 1 is 0.316 bits per heavy atom. The zero-order valence-corrected chi connectivity index (χ0v) is 36.4. The third-order valence-corrected chi connectivity index (χ3v) is 17.8. The van der Waals surface area contributed by atoms with Gasteiger partial charge in [0.1, 0.15) is 0 Å². The lowest BCUT2D eigenvalue weighted by Gasteiger charge is -2.31. The highest BCUT2D eigenvalue weighted by Crippen LogP contribution is 2.23. The van der Waals surface area contributed by atoms with Crippen LogP contribution in [0.25, 0.3) is 0 Å². The molecule has 0 aliphatic carbocycles. The molecule has 0 N–H and O–H groups in total. The molecule has 0 unspecified atom stereocenters. The number of aryl methyl sites for hydroxylation is 4. The maximum Gasteiger partial charge on any atom is 0.243 e. The van der Waals surface area contributed by atoms with Gasteiger partial charge in [-0.1, -0.05) is 70.8 Å². The Morgan fingerprint density at radius 3 is 0.737 bits per heavy atom. The van der Waals surface area contributed by atoms with E-state index in [4.69, 9.17) is 0 Å². The second-order valence-corrected chi connectivity index (χ2v) is 22.3. The maximum atomic E-state index is 14.2. The minimum Gasteiger partial charge on any atom is -0.304 e. The van der Waals surface area contributed by atoms with Crippen LogP contribution in [-0.2, 0) is 40.1 Å². The molecular formula is C40H53N5O8S4. The van der Waals surface area contributed by atoms with Gasteiger partial charge in [0.25, 0.3) is 0 Å². The minimum absolute atomic E-state index is 0.00157. The number of hydrogen-bond donors (Lipinski definition) is 0. The molecule has 1 aliphatic heterocycles. The van der Waals surface area contributed by atoms with Crippen molar-refractivity contribution in [1.29, 1.82) is 0 Å². The Morgan fingerprint density at radius 2 is 0.509 bits per heavy atom. The van der Waals surface area contributed by atoms with Gasteiger partial charge in [0.05, 0.1) is 19.6 Å². The smallest absolute Gasteiger partial charge is 0.243 e. The normalized spacial score (nSPS) is 18.1. The number of hydrogen-bond acceptors (Lipinski definition) is 9. The maximum absolute atomic E-state index is 14.2. The number of nitrogens with zero attached hydrogens (tertiary/aromatic N) is 5. The topological polar surface area (TPSA) is 153 Å². The average Bonchev–Trinajstić information content (AvgIpc) is 3.16. The molecule has 13 nitrogen and oxygen atoms in total. The van der Waals surface area contributed by atoms with Gasteiger partial charge >= 0.3 is 0 Å². The highest BCUT2D eigenvalue weighted by atomic mass is 32.2. The minimum atomic E-state index is -4.17. The fraction of sp³-hybridized carbons (Fsp3) is 0.400. The molecule has 4 aromatic rings. The first-order valence-corrected chi connectivity index (χ1v) is 24.5. The first kappa shape index (κ1) is 44.6. The van der Waals surface area contributed by atoms with Crippen LogP contribution < -0.4 is 0 Å². The van der Waals surface area contributed by atoms with Gasteiger partial charge in [0.15, 0.2) is 0 Å². The van der Waals surface area contributed by atoms with E-state index in [0.29, 0.717) is 0 Å². The summed E-state index contributed by atoms with van der Waals surface area (Å²) < 4.78 is 119. The molecule has 0 bridgehead atoms. The van der Waals surface area contributed by atoms with Crippen molar-refractivity contribution in [3.8, 4) is 0 Å². The third kappa shape index (κ3) is 11.0. The van der Waals surface area contributed by atoms with Crippen LogP contribution in [0.15, 0.2) is 117 Å². The van der Waals surface area contributed by atoms with Crippen LogP contribution in [0.5, 0.6) is 0 Å². The van der Waals surface area contributed by atoms with E-state index in [0.717, 1.165) is 22.3 Å².